The monoisotopic (exact) mass is 297 g/mol. The molecule has 0 unspecified atom stereocenters. The Morgan fingerprint density at radius 3 is 2.68 bits per heavy atom. The molecule has 0 aliphatic carbocycles. The van der Waals surface area contributed by atoms with E-state index in [-0.39, 0.29) is 5.91 Å². The fourth-order valence-electron chi connectivity index (χ4n) is 2.47. The fourth-order valence-corrected chi connectivity index (χ4v) is 2.47. The topological polar surface area (TPSA) is 47.6 Å². The van der Waals surface area contributed by atoms with Gasteiger partial charge >= 0.3 is 0 Å². The average molecular weight is 297 g/mol. The molecule has 4 nitrogen and oxygen atoms in total. The van der Waals surface area contributed by atoms with Crippen molar-refractivity contribution < 1.29 is 14.3 Å². The minimum atomic E-state index is -0.0592. The first kappa shape index (κ1) is 14.4. The highest BCUT2D eigenvalue weighted by Crippen LogP contribution is 2.30. The molecule has 3 rings (SSSR count). The van der Waals surface area contributed by atoms with Crippen LogP contribution < -0.4 is 14.8 Å². The average Bonchev–Trinajstić information content (AvgIpc) is 2.55. The third kappa shape index (κ3) is 2.91. The Hall–Kier alpha value is -2.49. The summed E-state index contributed by atoms with van der Waals surface area (Å²) in [7, 11) is 0. The van der Waals surface area contributed by atoms with Crippen molar-refractivity contribution in [1.82, 2.24) is 5.32 Å². The fraction of sp³-hybridized carbons (Fsp3) is 0.278. The molecule has 0 saturated heterocycles. The molecule has 0 fully saturated rings. The second kappa shape index (κ2) is 6.10. The maximum Gasteiger partial charge on any atom is 0.251 e. The Balaban J connectivity index is 1.69. The molecule has 0 atom stereocenters. The molecule has 4 heteroatoms. The van der Waals surface area contributed by atoms with Gasteiger partial charge in [0.05, 0.1) is 0 Å². The summed E-state index contributed by atoms with van der Waals surface area (Å²) >= 11 is 0. The second-order valence-corrected chi connectivity index (χ2v) is 5.41. The highest BCUT2D eigenvalue weighted by molar-refractivity contribution is 5.95. The van der Waals surface area contributed by atoms with Crippen LogP contribution in [0.5, 0.6) is 11.5 Å². The zero-order valence-corrected chi connectivity index (χ0v) is 12.8. The Morgan fingerprint density at radius 1 is 1.09 bits per heavy atom. The molecule has 0 bridgehead atoms. The number of hydrogen-bond donors (Lipinski definition) is 1. The number of nitrogens with one attached hydrogen (secondary N) is 1. The van der Waals surface area contributed by atoms with E-state index in [1.165, 1.54) is 0 Å². The van der Waals surface area contributed by atoms with Crippen molar-refractivity contribution in [2.24, 2.45) is 0 Å². The van der Waals surface area contributed by atoms with Gasteiger partial charge in [0.2, 0.25) is 0 Å². The zero-order chi connectivity index (χ0) is 15.5. The van der Waals surface area contributed by atoms with E-state index in [9.17, 15) is 4.79 Å². The standard InChI is InChI=1S/C18H19NO3/c1-12-4-3-5-15(13(12)2)18(20)19-11-14-6-7-16-17(10-14)22-9-8-21-16/h3-7,10H,8-9,11H2,1-2H3,(H,19,20). The molecule has 1 amide bonds. The Kier molecular flexibility index (Phi) is 4.00. The Labute approximate surface area is 130 Å². The van der Waals surface area contributed by atoms with Gasteiger partial charge in [-0.3, -0.25) is 4.79 Å². The van der Waals surface area contributed by atoms with E-state index in [2.05, 4.69) is 5.32 Å². The van der Waals surface area contributed by atoms with Crippen LogP contribution in [0.15, 0.2) is 36.4 Å². The van der Waals surface area contributed by atoms with Crippen molar-refractivity contribution in [2.45, 2.75) is 20.4 Å². The molecule has 0 aromatic heterocycles. The third-order valence-electron chi connectivity index (χ3n) is 3.91. The van der Waals surface area contributed by atoms with Gasteiger partial charge in [-0.15, -0.1) is 0 Å². The van der Waals surface area contributed by atoms with Crippen LogP contribution in [0.1, 0.15) is 27.0 Å². The second-order valence-electron chi connectivity index (χ2n) is 5.41. The van der Waals surface area contributed by atoms with Crippen molar-refractivity contribution in [3.05, 3.63) is 58.7 Å². The molecule has 0 radical (unpaired) electrons. The molecule has 1 aliphatic heterocycles. The van der Waals surface area contributed by atoms with Crippen LogP contribution in [0.4, 0.5) is 0 Å². The summed E-state index contributed by atoms with van der Waals surface area (Å²) in [6, 6.07) is 11.5. The van der Waals surface area contributed by atoms with E-state index < -0.39 is 0 Å². The maximum absolute atomic E-state index is 12.3. The summed E-state index contributed by atoms with van der Waals surface area (Å²) < 4.78 is 11.0. The van der Waals surface area contributed by atoms with Crippen LogP contribution in [0.3, 0.4) is 0 Å². The normalized spacial score (nSPS) is 12.8. The molecule has 2 aromatic carbocycles. The molecular weight excluding hydrogens is 278 g/mol. The summed E-state index contributed by atoms with van der Waals surface area (Å²) in [6.45, 7) is 5.57. The first-order valence-corrected chi connectivity index (χ1v) is 7.38. The van der Waals surface area contributed by atoms with E-state index in [4.69, 9.17) is 9.47 Å². The number of rotatable bonds is 3. The summed E-state index contributed by atoms with van der Waals surface area (Å²) in [5.41, 5.74) is 3.84. The number of ether oxygens (including phenoxy) is 2. The van der Waals surface area contributed by atoms with Gasteiger partial charge in [0.15, 0.2) is 11.5 Å². The number of benzene rings is 2. The highest BCUT2D eigenvalue weighted by Gasteiger charge is 2.13. The Morgan fingerprint density at radius 2 is 1.86 bits per heavy atom. The quantitative estimate of drug-likeness (QED) is 0.947. The highest BCUT2D eigenvalue weighted by atomic mass is 16.6. The Bertz CT molecular complexity index is 709. The van der Waals surface area contributed by atoms with Crippen LogP contribution >= 0.6 is 0 Å². The molecule has 1 heterocycles. The minimum absolute atomic E-state index is 0.0592. The van der Waals surface area contributed by atoms with Crippen LogP contribution in [-0.4, -0.2) is 19.1 Å². The SMILES string of the molecule is Cc1cccc(C(=O)NCc2ccc3c(c2)OCCO3)c1C. The predicted molar refractivity (Wildman–Crippen MR) is 84.5 cm³/mol. The minimum Gasteiger partial charge on any atom is -0.486 e. The van der Waals surface area contributed by atoms with Crippen molar-refractivity contribution in [3.63, 3.8) is 0 Å². The van der Waals surface area contributed by atoms with Crippen LogP contribution in [0.25, 0.3) is 0 Å². The molecule has 2 aromatic rings. The van der Waals surface area contributed by atoms with E-state index >= 15 is 0 Å². The number of hydrogen-bond acceptors (Lipinski definition) is 3. The largest absolute Gasteiger partial charge is 0.486 e. The zero-order valence-electron chi connectivity index (χ0n) is 12.8. The predicted octanol–water partition coefficient (Wildman–Crippen LogP) is 3.00. The van der Waals surface area contributed by atoms with Gasteiger partial charge in [0, 0.05) is 12.1 Å². The molecular formula is C18H19NO3. The van der Waals surface area contributed by atoms with Gasteiger partial charge in [-0.2, -0.15) is 0 Å². The first-order valence-electron chi connectivity index (χ1n) is 7.38. The lowest BCUT2D eigenvalue weighted by molar-refractivity contribution is 0.0950. The van der Waals surface area contributed by atoms with Crippen molar-refractivity contribution >= 4 is 5.91 Å². The summed E-state index contributed by atoms with van der Waals surface area (Å²) in [5.74, 6) is 1.44. The van der Waals surface area contributed by atoms with E-state index in [1.807, 2.05) is 50.2 Å². The summed E-state index contributed by atoms with van der Waals surface area (Å²) in [5, 5.41) is 2.95. The van der Waals surface area contributed by atoms with Crippen molar-refractivity contribution in [1.29, 1.82) is 0 Å². The van der Waals surface area contributed by atoms with E-state index in [1.54, 1.807) is 0 Å². The number of aryl methyl sites for hydroxylation is 1. The lowest BCUT2D eigenvalue weighted by Crippen LogP contribution is -2.24. The van der Waals surface area contributed by atoms with Gasteiger partial charge in [0.1, 0.15) is 13.2 Å². The number of carbonyl (C=O) groups is 1. The van der Waals surface area contributed by atoms with Crippen molar-refractivity contribution in [2.75, 3.05) is 13.2 Å². The molecule has 0 saturated carbocycles. The van der Waals surface area contributed by atoms with Crippen LogP contribution in [-0.2, 0) is 6.54 Å². The van der Waals surface area contributed by atoms with Crippen molar-refractivity contribution in [3.8, 4) is 11.5 Å². The van der Waals surface area contributed by atoms with Gasteiger partial charge < -0.3 is 14.8 Å². The number of fused-ring (bicyclic) bond motifs is 1. The number of carbonyl (C=O) groups excluding carboxylic acids is 1. The lowest BCUT2D eigenvalue weighted by atomic mass is 10.0. The van der Waals surface area contributed by atoms with Gasteiger partial charge in [-0.25, -0.2) is 0 Å². The summed E-state index contributed by atoms with van der Waals surface area (Å²) in [4.78, 5) is 12.3. The van der Waals surface area contributed by atoms with Gasteiger partial charge in [0.25, 0.3) is 5.91 Å². The lowest BCUT2D eigenvalue weighted by Gasteiger charge is -2.19. The summed E-state index contributed by atoms with van der Waals surface area (Å²) in [6.07, 6.45) is 0. The number of amides is 1. The first-order chi connectivity index (χ1) is 10.6. The van der Waals surface area contributed by atoms with E-state index in [0.29, 0.717) is 19.8 Å². The smallest absolute Gasteiger partial charge is 0.251 e. The molecule has 0 spiro atoms. The molecule has 22 heavy (non-hydrogen) atoms. The molecule has 114 valence electrons. The van der Waals surface area contributed by atoms with Crippen LogP contribution in [0.2, 0.25) is 0 Å². The van der Waals surface area contributed by atoms with E-state index in [0.717, 1.165) is 33.8 Å². The maximum atomic E-state index is 12.3. The third-order valence-corrected chi connectivity index (χ3v) is 3.91. The van der Waals surface area contributed by atoms with Crippen LogP contribution in [0, 0.1) is 13.8 Å². The molecule has 1 N–H and O–H groups in total. The molecule has 1 aliphatic rings. The van der Waals surface area contributed by atoms with Gasteiger partial charge in [-0.1, -0.05) is 18.2 Å². The van der Waals surface area contributed by atoms with Gasteiger partial charge in [-0.05, 0) is 48.7 Å².